The Kier molecular flexibility index (Phi) is 4.25. The molecule has 1 N–H and O–H groups in total. The second-order valence-electron chi connectivity index (χ2n) is 5.77. The maximum atomic E-state index is 10.9. The summed E-state index contributed by atoms with van der Waals surface area (Å²) in [4.78, 5) is 10.9. The molecule has 0 aliphatic heterocycles. The van der Waals surface area contributed by atoms with Crippen LogP contribution in [-0.4, -0.2) is 11.1 Å². The van der Waals surface area contributed by atoms with Gasteiger partial charge in [0.05, 0.1) is 5.92 Å². The number of rotatable bonds is 3. The number of carboxylic acid groups (broad SMARTS) is 1. The highest BCUT2D eigenvalue weighted by Gasteiger charge is 2.27. The van der Waals surface area contributed by atoms with Crippen molar-refractivity contribution in [3.8, 4) is 0 Å². The van der Waals surface area contributed by atoms with Crippen LogP contribution >= 0.6 is 0 Å². The molecule has 2 nitrogen and oxygen atoms in total. The third-order valence-electron chi connectivity index (χ3n) is 4.73. The summed E-state index contributed by atoms with van der Waals surface area (Å²) in [7, 11) is 0. The SMILES string of the molecule is CC(C(=O)O)C1=CCC(C2CCCCC2)CC1. The molecule has 0 amide bonds. The van der Waals surface area contributed by atoms with E-state index >= 15 is 0 Å². The van der Waals surface area contributed by atoms with Gasteiger partial charge in [0.25, 0.3) is 0 Å². The molecule has 1 saturated carbocycles. The minimum atomic E-state index is -0.674. The van der Waals surface area contributed by atoms with E-state index < -0.39 is 5.97 Å². The molecule has 2 atom stereocenters. The Balaban J connectivity index is 1.89. The second kappa shape index (κ2) is 5.70. The molecule has 2 unspecified atom stereocenters. The van der Waals surface area contributed by atoms with Crippen molar-refractivity contribution in [3.05, 3.63) is 11.6 Å². The van der Waals surface area contributed by atoms with E-state index in [0.29, 0.717) is 0 Å². The zero-order chi connectivity index (χ0) is 12.3. The molecule has 0 aromatic heterocycles. The fraction of sp³-hybridized carbons (Fsp3) is 0.800. The normalized spacial score (nSPS) is 28.5. The molecule has 0 radical (unpaired) electrons. The van der Waals surface area contributed by atoms with Gasteiger partial charge in [-0.15, -0.1) is 0 Å². The number of carbonyl (C=O) groups is 1. The van der Waals surface area contributed by atoms with E-state index in [0.717, 1.165) is 30.3 Å². The molecule has 0 aromatic carbocycles. The van der Waals surface area contributed by atoms with Crippen LogP contribution in [0.1, 0.15) is 58.3 Å². The molecular formula is C15H24O2. The molecule has 0 saturated heterocycles. The first-order valence-corrected chi connectivity index (χ1v) is 7.10. The van der Waals surface area contributed by atoms with Gasteiger partial charge in [0.15, 0.2) is 0 Å². The molecule has 2 rings (SSSR count). The van der Waals surface area contributed by atoms with Gasteiger partial charge >= 0.3 is 5.97 Å². The Hall–Kier alpha value is -0.790. The third kappa shape index (κ3) is 3.11. The van der Waals surface area contributed by atoms with Crippen LogP contribution in [0, 0.1) is 17.8 Å². The van der Waals surface area contributed by atoms with Crippen molar-refractivity contribution < 1.29 is 9.90 Å². The van der Waals surface area contributed by atoms with Crippen LogP contribution in [0.3, 0.4) is 0 Å². The maximum absolute atomic E-state index is 10.9. The van der Waals surface area contributed by atoms with Crippen LogP contribution in [-0.2, 0) is 4.79 Å². The summed E-state index contributed by atoms with van der Waals surface area (Å²) in [6.07, 6.45) is 12.6. The minimum absolute atomic E-state index is 0.276. The van der Waals surface area contributed by atoms with Crippen molar-refractivity contribution in [3.63, 3.8) is 0 Å². The summed E-state index contributed by atoms with van der Waals surface area (Å²) in [5.74, 6) is 0.802. The molecule has 17 heavy (non-hydrogen) atoms. The van der Waals surface area contributed by atoms with E-state index in [1.165, 1.54) is 38.5 Å². The molecule has 0 bridgehead atoms. The summed E-state index contributed by atoms with van der Waals surface area (Å²) >= 11 is 0. The molecular weight excluding hydrogens is 212 g/mol. The largest absolute Gasteiger partial charge is 0.481 e. The van der Waals surface area contributed by atoms with Gasteiger partial charge in [-0.05, 0) is 38.0 Å². The molecule has 96 valence electrons. The van der Waals surface area contributed by atoms with Crippen molar-refractivity contribution >= 4 is 5.97 Å². The van der Waals surface area contributed by atoms with E-state index in [4.69, 9.17) is 5.11 Å². The quantitative estimate of drug-likeness (QED) is 0.752. The highest BCUT2D eigenvalue weighted by molar-refractivity contribution is 5.73. The summed E-state index contributed by atoms with van der Waals surface area (Å²) in [5.41, 5.74) is 1.16. The first-order valence-electron chi connectivity index (χ1n) is 7.10. The van der Waals surface area contributed by atoms with Gasteiger partial charge in [0.1, 0.15) is 0 Å². The Morgan fingerprint density at radius 2 is 1.94 bits per heavy atom. The van der Waals surface area contributed by atoms with Crippen LogP contribution in [0.5, 0.6) is 0 Å². The van der Waals surface area contributed by atoms with Crippen molar-refractivity contribution in [2.24, 2.45) is 17.8 Å². The number of hydrogen-bond donors (Lipinski definition) is 1. The lowest BCUT2D eigenvalue weighted by Crippen LogP contribution is -2.22. The molecule has 0 heterocycles. The Morgan fingerprint density at radius 3 is 2.47 bits per heavy atom. The van der Waals surface area contributed by atoms with Crippen LogP contribution in [0.15, 0.2) is 11.6 Å². The Bertz CT molecular complexity index is 300. The van der Waals surface area contributed by atoms with Crippen LogP contribution in [0.4, 0.5) is 0 Å². The highest BCUT2D eigenvalue weighted by Crippen LogP contribution is 2.38. The van der Waals surface area contributed by atoms with E-state index in [1.54, 1.807) is 0 Å². The molecule has 0 aromatic rings. The lowest BCUT2D eigenvalue weighted by molar-refractivity contribution is -0.139. The van der Waals surface area contributed by atoms with E-state index in [2.05, 4.69) is 6.08 Å². The zero-order valence-corrected chi connectivity index (χ0v) is 10.8. The topological polar surface area (TPSA) is 37.3 Å². The molecule has 2 aliphatic carbocycles. The first kappa shape index (κ1) is 12.7. The molecule has 2 aliphatic rings. The first-order chi connectivity index (χ1) is 8.18. The van der Waals surface area contributed by atoms with E-state index in [-0.39, 0.29) is 5.92 Å². The van der Waals surface area contributed by atoms with Crippen molar-refractivity contribution in [2.45, 2.75) is 58.3 Å². The lowest BCUT2D eigenvalue weighted by atomic mass is 9.73. The predicted molar refractivity (Wildman–Crippen MR) is 68.8 cm³/mol. The fourth-order valence-electron chi connectivity index (χ4n) is 3.46. The van der Waals surface area contributed by atoms with Gasteiger partial charge in [-0.2, -0.15) is 0 Å². The van der Waals surface area contributed by atoms with Crippen LogP contribution in [0.2, 0.25) is 0 Å². The highest BCUT2D eigenvalue weighted by atomic mass is 16.4. The summed E-state index contributed by atoms with van der Waals surface area (Å²) in [6.45, 7) is 1.81. The van der Waals surface area contributed by atoms with Gasteiger partial charge in [0.2, 0.25) is 0 Å². The average Bonchev–Trinajstić information content (AvgIpc) is 2.39. The van der Waals surface area contributed by atoms with Crippen molar-refractivity contribution in [2.75, 3.05) is 0 Å². The van der Waals surface area contributed by atoms with Gasteiger partial charge in [-0.25, -0.2) is 0 Å². The minimum Gasteiger partial charge on any atom is -0.481 e. The van der Waals surface area contributed by atoms with Crippen molar-refractivity contribution in [1.29, 1.82) is 0 Å². The van der Waals surface area contributed by atoms with Crippen LogP contribution < -0.4 is 0 Å². The average molecular weight is 236 g/mol. The van der Waals surface area contributed by atoms with Gasteiger partial charge in [-0.1, -0.05) is 43.8 Å². The van der Waals surface area contributed by atoms with Gasteiger partial charge in [0, 0.05) is 0 Å². The number of hydrogen-bond acceptors (Lipinski definition) is 1. The smallest absolute Gasteiger partial charge is 0.310 e. The monoisotopic (exact) mass is 236 g/mol. The van der Waals surface area contributed by atoms with Gasteiger partial charge < -0.3 is 5.11 Å². The van der Waals surface area contributed by atoms with E-state index in [1.807, 2.05) is 6.92 Å². The maximum Gasteiger partial charge on any atom is 0.310 e. The van der Waals surface area contributed by atoms with Crippen molar-refractivity contribution in [1.82, 2.24) is 0 Å². The summed E-state index contributed by atoms with van der Waals surface area (Å²) < 4.78 is 0. The zero-order valence-electron chi connectivity index (χ0n) is 10.8. The standard InChI is InChI=1S/C15H24O2/c1-11(15(16)17)12-7-9-14(10-8-12)13-5-3-2-4-6-13/h7,11,13-14H,2-6,8-10H2,1H3,(H,16,17). The Morgan fingerprint density at radius 1 is 1.24 bits per heavy atom. The molecule has 0 spiro atoms. The molecule has 1 fully saturated rings. The molecule has 2 heteroatoms. The number of carboxylic acids is 1. The summed E-state index contributed by atoms with van der Waals surface area (Å²) in [6, 6.07) is 0. The summed E-state index contributed by atoms with van der Waals surface area (Å²) in [5, 5.41) is 9.01. The van der Waals surface area contributed by atoms with Gasteiger partial charge in [-0.3, -0.25) is 4.79 Å². The predicted octanol–water partition coefficient (Wildman–Crippen LogP) is 4.01. The number of aliphatic carboxylic acids is 1. The van der Waals surface area contributed by atoms with Crippen LogP contribution in [0.25, 0.3) is 0 Å². The number of allylic oxidation sites excluding steroid dienone is 1. The van der Waals surface area contributed by atoms with E-state index in [9.17, 15) is 4.79 Å². The second-order valence-corrected chi connectivity index (χ2v) is 5.77. The Labute approximate surface area is 104 Å². The fourth-order valence-corrected chi connectivity index (χ4v) is 3.46. The third-order valence-corrected chi connectivity index (χ3v) is 4.73. The lowest BCUT2D eigenvalue weighted by Gasteiger charge is -2.33.